The molecule has 592 valence electrons. The van der Waals surface area contributed by atoms with Crippen LogP contribution in [0.1, 0.15) is 30.8 Å². The van der Waals surface area contributed by atoms with Gasteiger partial charge in [0.25, 0.3) is 33.1 Å². The summed E-state index contributed by atoms with van der Waals surface area (Å²) in [5, 5.41) is 95.4. The van der Waals surface area contributed by atoms with Crippen molar-refractivity contribution in [1.29, 1.82) is 0 Å². The van der Waals surface area contributed by atoms with Crippen LogP contribution in [-0.4, -0.2) is 101 Å². The molecule has 0 fully saturated rings. The Kier molecular flexibility index (Phi) is 38.2. The van der Waals surface area contributed by atoms with E-state index in [-0.39, 0.29) is 121 Å². The molecule has 13 aromatic rings. The summed E-state index contributed by atoms with van der Waals surface area (Å²) in [6, 6.07) is 57.7. The molecule has 0 radical (unpaired) electrons. The Balaban J connectivity index is 0.000000250. The van der Waals surface area contributed by atoms with Gasteiger partial charge in [-0.15, -0.1) is 0 Å². The Morgan fingerprint density at radius 2 is 0.974 bits per heavy atom. The largest absolute Gasteiger partial charge is 1.00 e. The van der Waals surface area contributed by atoms with Gasteiger partial charge in [-0.3, -0.25) is 83.7 Å². The summed E-state index contributed by atoms with van der Waals surface area (Å²) in [4.78, 5) is 130. The summed E-state index contributed by atoms with van der Waals surface area (Å²) in [7, 11) is 0. The Morgan fingerprint density at radius 1 is 0.530 bits per heavy atom. The molecule has 11 N–H and O–H groups in total. The number of rotatable bonds is 20. The number of phenolic OH excluding ortho intramolecular Hbond substituents is 5. The number of ether oxygens (including phenoxy) is 1. The number of aromatic hydroxyl groups is 5. The number of nitrogens with one attached hydrogen (secondary N) is 3. The number of nitrogen functional groups attached to an aromatic ring is 1. The van der Waals surface area contributed by atoms with Crippen LogP contribution >= 0.6 is 31.9 Å². The zero-order valence-electron chi connectivity index (χ0n) is 62.3. The molecule has 0 bridgehead atoms. The molecular weight excluding hydrogens is 1660 g/mol. The van der Waals surface area contributed by atoms with Crippen LogP contribution in [0.15, 0.2) is 284 Å². The molecule has 13 rings (SSSR count). The second-order valence-electron chi connectivity index (χ2n) is 23.2. The number of allylic oxidation sites excluding steroid dienone is 2. The molecule has 0 aliphatic heterocycles. The minimum Gasteiger partial charge on any atom is -0.873 e. The standard InChI is InChI=1S/C22H17N3O4.C17H14N2O4.C11H8N2O3.C11H10N2O.C8H9NO.C6H7N.C4H2Br2O3.C3H3NO4.Na/c26-15-5-3-4-13(10-15)12-24-19-20(22(29)21(19)28)25-14-7-8-18(27)16(11-14)17-6-1-2-9-23-17;1-2-23-17-14(15(21)16(17)22)19-10-6-7-13(20)11(9-10)12-5-3-4-8-18-12;14-11-5-4-8(13(15)16)7-9(11)10-3-1-2-6-12-10;12-8-4-5-11(14)9(7-8)10-3-1-2-6-13-10;1-7(10)6-8-4-2-3-5-9-8;1-6-4-2-3-5-7-6;5-2(1-7)3(6)4(8)9;5-1-3(2-6)4(7)8;/h1-11,24-27H,12H2;3-9,19-20H,2H2,1H3;1-7,14H;1-7,14H,12H2;2-5H,6H2,1H3;2-5H,1H3;1H,(H,8,9);1-2,5H;/q;;;;;;;;+1/p-1/b;;;;;;3-2-;3-1+;. The number of hydrogen-bond donors (Lipinski definition) is 10. The van der Waals surface area contributed by atoms with Crippen LogP contribution in [0.2, 0.25) is 0 Å². The van der Waals surface area contributed by atoms with Gasteiger partial charge in [0.2, 0.25) is 6.29 Å². The first-order chi connectivity index (χ1) is 55.6. The fourth-order valence-corrected chi connectivity index (χ4v) is 9.66. The molecule has 6 heterocycles. The van der Waals surface area contributed by atoms with Gasteiger partial charge in [-0.25, -0.2) is 4.79 Å². The number of carbonyl (C=O) groups excluding carboxylic acids is 3. The predicted molar refractivity (Wildman–Crippen MR) is 440 cm³/mol. The van der Waals surface area contributed by atoms with E-state index in [1.165, 1.54) is 30.3 Å². The molecule has 0 aliphatic carbocycles. The van der Waals surface area contributed by atoms with Crippen LogP contribution in [0.25, 0.3) is 45.0 Å². The molecule has 0 unspecified atom stereocenters. The van der Waals surface area contributed by atoms with Crippen molar-refractivity contribution in [3.63, 3.8) is 0 Å². The zero-order valence-corrected chi connectivity index (χ0v) is 67.4. The van der Waals surface area contributed by atoms with Crippen molar-refractivity contribution < 1.29 is 99.1 Å². The number of carboxylic acids is 1. The number of carboxylic acid groups (broad SMARTS) is 1. The minimum atomic E-state index is -1.17. The smallest absolute Gasteiger partial charge is 0.873 e. The second kappa shape index (κ2) is 47.9. The molecule has 0 spiro atoms. The van der Waals surface area contributed by atoms with E-state index in [9.17, 15) is 89.2 Å². The summed E-state index contributed by atoms with van der Waals surface area (Å²) < 4.78 is 5.00. The van der Waals surface area contributed by atoms with Gasteiger partial charge in [0, 0.05) is 113 Å². The summed E-state index contributed by atoms with van der Waals surface area (Å²) in [5.74, 6) is -0.552. The van der Waals surface area contributed by atoms with Crippen molar-refractivity contribution in [2.75, 3.05) is 28.3 Å². The molecular formula is C82H69Br2N12NaO20. The number of anilines is 6. The maximum atomic E-state index is 12.1. The fraction of sp³-hybridized carbons (Fsp3) is 0.0732. The van der Waals surface area contributed by atoms with E-state index in [1.807, 2.05) is 73.7 Å². The van der Waals surface area contributed by atoms with Gasteiger partial charge in [0.05, 0.1) is 43.7 Å². The molecule has 35 heteroatoms. The van der Waals surface area contributed by atoms with Crippen LogP contribution in [-0.2, 0) is 32.1 Å². The number of halogens is 2. The molecule has 32 nitrogen and oxygen atoms in total. The van der Waals surface area contributed by atoms with Crippen molar-refractivity contribution in [3.8, 4) is 79.5 Å². The number of pyridine rings is 6. The Hall–Kier alpha value is -14.3. The number of nitro groups is 2. The number of nitrogens with two attached hydrogens (primary N) is 1. The number of aromatic nitrogens is 6. The number of Topliss-reactive ketones (excluding diaryl/α,β-unsaturated/α-hetero) is 1. The van der Waals surface area contributed by atoms with Crippen LogP contribution in [0.3, 0.4) is 0 Å². The maximum Gasteiger partial charge on any atom is 1.00 e. The first-order valence-electron chi connectivity index (χ1n) is 33.7. The number of benzene rings is 5. The van der Waals surface area contributed by atoms with Gasteiger partial charge >= 0.3 is 35.5 Å². The zero-order chi connectivity index (χ0) is 84.8. The molecule has 0 aliphatic rings. The van der Waals surface area contributed by atoms with Crippen molar-refractivity contribution in [3.05, 3.63) is 342 Å². The Bertz CT molecular complexity index is 5720. The van der Waals surface area contributed by atoms with Crippen LogP contribution in [0.5, 0.6) is 34.5 Å². The van der Waals surface area contributed by atoms with E-state index < -0.39 is 43.2 Å². The summed E-state index contributed by atoms with van der Waals surface area (Å²) in [6.07, 6.45) is 10.6. The minimum absolute atomic E-state index is 0. The number of aliphatic carboxylic acids is 1. The number of nitrogens with zero attached hydrogens (tertiary/aromatic N) is 8. The van der Waals surface area contributed by atoms with E-state index in [0.717, 1.165) is 22.6 Å². The molecule has 0 atom stereocenters. The van der Waals surface area contributed by atoms with Crippen molar-refractivity contribution >= 4 is 96.0 Å². The molecule has 0 amide bonds. The van der Waals surface area contributed by atoms with Gasteiger partial charge in [0.1, 0.15) is 56.1 Å². The third-order valence-corrected chi connectivity index (χ3v) is 16.8. The first-order valence-corrected chi connectivity index (χ1v) is 35.3. The van der Waals surface area contributed by atoms with E-state index >= 15 is 0 Å². The normalized spacial score (nSPS) is 10.3. The van der Waals surface area contributed by atoms with E-state index in [2.05, 4.69) is 77.7 Å². The number of phenols is 5. The van der Waals surface area contributed by atoms with Gasteiger partial charge in [0.15, 0.2) is 12.0 Å². The number of carbonyl (C=O) groups is 4. The van der Waals surface area contributed by atoms with E-state index in [1.54, 1.807) is 160 Å². The van der Waals surface area contributed by atoms with Gasteiger partial charge in [-0.05, 0) is 204 Å². The summed E-state index contributed by atoms with van der Waals surface area (Å²) in [5.41, 5.74) is 11.5. The topological polar surface area (TPSA) is 516 Å². The van der Waals surface area contributed by atoms with Crippen molar-refractivity contribution in [2.45, 2.75) is 33.7 Å². The monoisotopic (exact) mass is 1720 g/mol. The van der Waals surface area contributed by atoms with E-state index in [0.29, 0.717) is 75.7 Å². The third kappa shape index (κ3) is 29.3. The number of non-ortho nitro benzene ring substituents is 1. The molecule has 0 saturated carbocycles. The number of aryl methyl sites for hydroxylation is 1. The fourth-order valence-electron chi connectivity index (χ4n) is 9.39. The van der Waals surface area contributed by atoms with Crippen molar-refractivity contribution in [2.24, 2.45) is 0 Å². The molecule has 117 heavy (non-hydrogen) atoms. The number of hydrogen-bond acceptors (Lipinski definition) is 29. The van der Waals surface area contributed by atoms with Gasteiger partial charge in [-0.2, -0.15) is 0 Å². The van der Waals surface area contributed by atoms with Gasteiger partial charge < -0.3 is 62.2 Å². The maximum absolute atomic E-state index is 12.1. The average molecular weight is 1730 g/mol. The third-order valence-electron chi connectivity index (χ3n) is 14.9. The van der Waals surface area contributed by atoms with E-state index in [4.69, 9.17) is 15.6 Å². The van der Waals surface area contributed by atoms with Crippen LogP contribution in [0.4, 0.5) is 39.8 Å². The molecule has 0 saturated heterocycles. The molecule has 6 aromatic heterocycles. The van der Waals surface area contributed by atoms with Crippen LogP contribution in [0, 0.1) is 27.2 Å². The number of ketones is 1. The predicted octanol–water partition coefficient (Wildman–Crippen LogP) is 9.24. The number of aldehydes is 2. The summed E-state index contributed by atoms with van der Waals surface area (Å²) in [6.45, 7) is 5.85. The SMILES string of the molecule is CC(=O)Cc1ccccn1.CCOc1c(Nc2ccc(O)c(-c3ccccn3)c2)c(=O)c1=O.Cc1ccccn1.Nc1ccc(O)c(-c2ccccn2)c1.O=C/C(=C\[O-])[N+](=O)[O-].O=C/C(Br)=C(/Br)C(=O)O.O=[N+]([O-])c1ccc(O)c(-c2ccccn2)c1.O=c1c(NCc2cccc(O)c2)c(Nc2ccc(O)c(-c3ccccn3)c2)c1=O.[Na+]. The first kappa shape index (κ1) is 93.3. The number of nitro benzene ring substituents is 1. The van der Waals surface area contributed by atoms with Crippen molar-refractivity contribution in [1.82, 2.24) is 29.9 Å². The average Bonchev–Trinajstić information content (AvgIpc) is 0.775. The summed E-state index contributed by atoms with van der Waals surface area (Å²) >= 11 is 5.40. The quantitative estimate of drug-likeness (QED) is 0.00391. The second-order valence-corrected chi connectivity index (χ2v) is 24.9. The Labute approximate surface area is 704 Å². The molecule has 7 aromatic carbocycles. The Morgan fingerprint density at radius 3 is 1.35 bits per heavy atom. The van der Waals surface area contributed by atoms with Crippen LogP contribution < -0.4 is 82.8 Å². The van der Waals surface area contributed by atoms with Gasteiger partial charge in [-0.1, -0.05) is 54.8 Å².